The molecule has 0 saturated heterocycles. The summed E-state index contributed by atoms with van der Waals surface area (Å²) in [5.41, 5.74) is 1.54. The molecule has 0 saturated carbocycles. The van der Waals surface area contributed by atoms with Crippen molar-refractivity contribution in [2.45, 2.75) is 12.8 Å². The quantitative estimate of drug-likeness (QED) is 0.760. The fourth-order valence-corrected chi connectivity index (χ4v) is 2.35. The Morgan fingerprint density at radius 1 is 1.38 bits per heavy atom. The Kier molecular flexibility index (Phi) is 3.39. The summed E-state index contributed by atoms with van der Waals surface area (Å²) in [6.45, 7) is 2.48. The van der Waals surface area contributed by atoms with Gasteiger partial charge in [-0.3, -0.25) is 4.79 Å². The van der Waals surface area contributed by atoms with Crippen LogP contribution in [-0.4, -0.2) is 50.0 Å². The highest BCUT2D eigenvalue weighted by Gasteiger charge is 2.19. The molecule has 1 amide bonds. The molecular formula is C14H16N6O. The van der Waals surface area contributed by atoms with Gasteiger partial charge in [0.15, 0.2) is 5.82 Å². The summed E-state index contributed by atoms with van der Waals surface area (Å²) in [6.07, 6.45) is 0. The van der Waals surface area contributed by atoms with E-state index >= 15 is 0 Å². The van der Waals surface area contributed by atoms with Crippen molar-refractivity contribution < 1.29 is 4.79 Å². The zero-order chi connectivity index (χ0) is 14.8. The van der Waals surface area contributed by atoms with Crippen LogP contribution < -0.4 is 0 Å². The number of nitrogens with zero attached hydrogens (tertiary/aromatic N) is 4. The smallest absolute Gasteiger partial charge is 0.270 e. The largest absolute Gasteiger partial charge is 0.351 e. The molecule has 3 aromatic rings. The highest BCUT2D eigenvalue weighted by molar-refractivity contribution is 5.97. The maximum atomic E-state index is 12.4. The summed E-state index contributed by atoms with van der Waals surface area (Å²) >= 11 is 0. The lowest BCUT2D eigenvalue weighted by molar-refractivity contribution is 0.0782. The van der Waals surface area contributed by atoms with Crippen LogP contribution in [0.3, 0.4) is 0 Å². The summed E-state index contributed by atoms with van der Waals surface area (Å²) in [5.74, 6) is 0.565. The summed E-state index contributed by atoms with van der Waals surface area (Å²) in [5, 5.41) is 14.9. The topological polar surface area (TPSA) is 90.6 Å². The van der Waals surface area contributed by atoms with E-state index in [1.54, 1.807) is 11.9 Å². The average Bonchev–Trinajstić information content (AvgIpc) is 3.15. The molecule has 21 heavy (non-hydrogen) atoms. The van der Waals surface area contributed by atoms with Gasteiger partial charge in [0, 0.05) is 30.4 Å². The number of hydrogen-bond donors (Lipinski definition) is 2. The van der Waals surface area contributed by atoms with Crippen LogP contribution in [0.15, 0.2) is 30.3 Å². The van der Waals surface area contributed by atoms with E-state index in [1.165, 1.54) is 0 Å². The molecule has 0 aliphatic heterocycles. The summed E-state index contributed by atoms with van der Waals surface area (Å²) in [6, 6.07) is 9.69. The van der Waals surface area contributed by atoms with Gasteiger partial charge in [0.05, 0.1) is 0 Å². The standard InChI is InChI=1S/C14H16N6O/c1-9(13-16-18-19-17-13)8-20(2)14(21)12-7-10-5-3-4-6-11(10)15-12/h3-7,9,15H,8H2,1-2H3,(H,16,17,18,19)/t9-/m1/s1. The highest BCUT2D eigenvalue weighted by atomic mass is 16.2. The molecule has 0 aliphatic rings. The van der Waals surface area contributed by atoms with Gasteiger partial charge >= 0.3 is 0 Å². The van der Waals surface area contributed by atoms with E-state index in [-0.39, 0.29) is 11.8 Å². The number of para-hydroxylation sites is 1. The average molecular weight is 284 g/mol. The molecule has 3 rings (SSSR count). The first-order chi connectivity index (χ1) is 10.1. The van der Waals surface area contributed by atoms with E-state index in [9.17, 15) is 4.79 Å². The van der Waals surface area contributed by atoms with E-state index in [0.29, 0.717) is 18.1 Å². The van der Waals surface area contributed by atoms with E-state index in [1.807, 2.05) is 37.3 Å². The minimum atomic E-state index is -0.0541. The van der Waals surface area contributed by atoms with Crippen LogP contribution in [0.25, 0.3) is 10.9 Å². The van der Waals surface area contributed by atoms with Crippen molar-refractivity contribution in [1.29, 1.82) is 0 Å². The van der Waals surface area contributed by atoms with Crippen LogP contribution in [-0.2, 0) is 0 Å². The molecular weight excluding hydrogens is 268 g/mol. The van der Waals surface area contributed by atoms with Crippen LogP contribution in [0.4, 0.5) is 0 Å². The first-order valence-electron chi connectivity index (χ1n) is 6.71. The van der Waals surface area contributed by atoms with Crippen LogP contribution in [0.2, 0.25) is 0 Å². The number of H-pyrrole nitrogens is 2. The Morgan fingerprint density at radius 3 is 2.90 bits per heavy atom. The number of hydrogen-bond acceptors (Lipinski definition) is 4. The summed E-state index contributed by atoms with van der Waals surface area (Å²) in [4.78, 5) is 17.3. The number of fused-ring (bicyclic) bond motifs is 1. The molecule has 2 aromatic heterocycles. The Labute approximate surface area is 121 Å². The van der Waals surface area contributed by atoms with Gasteiger partial charge in [-0.2, -0.15) is 5.21 Å². The summed E-state index contributed by atoms with van der Waals surface area (Å²) in [7, 11) is 1.77. The lowest BCUT2D eigenvalue weighted by atomic mass is 10.1. The predicted octanol–water partition coefficient (Wildman–Crippen LogP) is 1.56. The SMILES string of the molecule is C[C@H](CN(C)C(=O)c1cc2ccccc2[nH]1)c1nn[nH]n1. The predicted molar refractivity (Wildman–Crippen MR) is 77.9 cm³/mol. The molecule has 1 aromatic carbocycles. The second kappa shape index (κ2) is 5.35. The molecule has 0 spiro atoms. The Hall–Kier alpha value is -2.70. The van der Waals surface area contributed by atoms with Crippen molar-refractivity contribution in [3.8, 4) is 0 Å². The number of amides is 1. The maximum absolute atomic E-state index is 12.4. The van der Waals surface area contributed by atoms with Gasteiger partial charge in [-0.05, 0) is 12.1 Å². The molecule has 7 heteroatoms. The lowest BCUT2D eigenvalue weighted by Gasteiger charge is -2.19. The first-order valence-corrected chi connectivity index (χ1v) is 6.71. The maximum Gasteiger partial charge on any atom is 0.270 e. The van der Waals surface area contributed by atoms with Crippen LogP contribution >= 0.6 is 0 Å². The number of aromatic nitrogens is 5. The van der Waals surface area contributed by atoms with E-state index < -0.39 is 0 Å². The lowest BCUT2D eigenvalue weighted by Crippen LogP contribution is -2.30. The molecule has 108 valence electrons. The normalized spacial score (nSPS) is 12.5. The van der Waals surface area contributed by atoms with Crippen molar-refractivity contribution in [3.63, 3.8) is 0 Å². The summed E-state index contributed by atoms with van der Waals surface area (Å²) < 4.78 is 0. The minimum Gasteiger partial charge on any atom is -0.351 e. The zero-order valence-electron chi connectivity index (χ0n) is 11.9. The molecule has 0 aliphatic carbocycles. The van der Waals surface area contributed by atoms with Gasteiger partial charge in [0.25, 0.3) is 5.91 Å². The van der Waals surface area contributed by atoms with Crippen molar-refractivity contribution in [3.05, 3.63) is 41.9 Å². The number of tetrazole rings is 1. The Balaban J connectivity index is 1.74. The van der Waals surface area contributed by atoms with Gasteiger partial charge < -0.3 is 9.88 Å². The number of aromatic amines is 2. The fourth-order valence-electron chi connectivity index (χ4n) is 2.35. The number of likely N-dealkylation sites (N-methyl/N-ethyl adjacent to an activating group) is 1. The highest BCUT2D eigenvalue weighted by Crippen LogP contribution is 2.17. The fraction of sp³-hybridized carbons (Fsp3) is 0.286. The molecule has 0 radical (unpaired) electrons. The molecule has 1 atom stereocenters. The van der Waals surface area contributed by atoms with Crippen LogP contribution in [0, 0.1) is 0 Å². The van der Waals surface area contributed by atoms with Crippen LogP contribution in [0.1, 0.15) is 29.2 Å². The second-order valence-electron chi connectivity index (χ2n) is 5.13. The molecule has 0 unspecified atom stereocenters. The molecule has 0 bridgehead atoms. The minimum absolute atomic E-state index is 0.0158. The van der Waals surface area contributed by atoms with Crippen LogP contribution in [0.5, 0.6) is 0 Å². The van der Waals surface area contributed by atoms with Gasteiger partial charge in [-0.25, -0.2) is 0 Å². The van der Waals surface area contributed by atoms with E-state index in [2.05, 4.69) is 25.6 Å². The Morgan fingerprint density at radius 2 is 2.19 bits per heavy atom. The van der Waals surface area contributed by atoms with E-state index in [0.717, 1.165) is 10.9 Å². The second-order valence-corrected chi connectivity index (χ2v) is 5.13. The Bertz CT molecular complexity index is 715. The van der Waals surface area contributed by atoms with Gasteiger partial charge in [-0.15, -0.1) is 10.2 Å². The van der Waals surface area contributed by atoms with Gasteiger partial charge in [0.1, 0.15) is 5.69 Å². The number of carbonyl (C=O) groups is 1. The first kappa shape index (κ1) is 13.3. The van der Waals surface area contributed by atoms with E-state index in [4.69, 9.17) is 0 Å². The van der Waals surface area contributed by atoms with Crippen molar-refractivity contribution in [1.82, 2.24) is 30.5 Å². The number of rotatable bonds is 4. The number of nitrogens with one attached hydrogen (secondary N) is 2. The van der Waals surface area contributed by atoms with Gasteiger partial charge in [-0.1, -0.05) is 30.3 Å². The third kappa shape index (κ3) is 2.62. The number of carbonyl (C=O) groups excluding carboxylic acids is 1. The monoisotopic (exact) mass is 284 g/mol. The van der Waals surface area contributed by atoms with Crippen molar-refractivity contribution in [2.24, 2.45) is 0 Å². The molecule has 2 heterocycles. The van der Waals surface area contributed by atoms with Crippen molar-refractivity contribution >= 4 is 16.8 Å². The van der Waals surface area contributed by atoms with Crippen molar-refractivity contribution in [2.75, 3.05) is 13.6 Å². The molecule has 2 N–H and O–H groups in total. The number of benzene rings is 1. The molecule has 7 nitrogen and oxygen atoms in total. The zero-order valence-corrected chi connectivity index (χ0v) is 11.9. The van der Waals surface area contributed by atoms with Gasteiger partial charge in [0.2, 0.25) is 0 Å². The molecule has 0 fully saturated rings. The third-order valence-electron chi connectivity index (χ3n) is 3.46. The third-order valence-corrected chi connectivity index (χ3v) is 3.46.